The van der Waals surface area contributed by atoms with Gasteiger partial charge in [0.1, 0.15) is 0 Å². The molecule has 1 saturated carbocycles. The number of carbonyl (C=O) groups is 1. The number of hydrogen-bond donors (Lipinski definition) is 1. The van der Waals surface area contributed by atoms with Crippen LogP contribution in [0.3, 0.4) is 0 Å². The monoisotopic (exact) mass is 275 g/mol. The summed E-state index contributed by atoms with van der Waals surface area (Å²) in [6.07, 6.45) is 2.22. The zero-order valence-electron chi connectivity index (χ0n) is 12.7. The maximum atomic E-state index is 11.8. The molecule has 0 bridgehead atoms. The number of nitrogens with one attached hydrogen (secondary N) is 1. The molecule has 0 atom stereocenters. The molecular formula is C17H25NO2. The molecular weight excluding hydrogens is 250 g/mol. The minimum atomic E-state index is -0.211. The van der Waals surface area contributed by atoms with Crippen molar-refractivity contribution in [3.05, 3.63) is 35.9 Å². The molecule has 1 aromatic rings. The van der Waals surface area contributed by atoms with Gasteiger partial charge in [0.25, 0.3) is 0 Å². The van der Waals surface area contributed by atoms with Crippen molar-refractivity contribution in [2.45, 2.75) is 39.7 Å². The molecule has 0 aliphatic heterocycles. The van der Waals surface area contributed by atoms with Crippen LogP contribution < -0.4 is 5.32 Å². The topological polar surface area (TPSA) is 38.3 Å². The summed E-state index contributed by atoms with van der Waals surface area (Å²) < 4.78 is 5.36. The van der Waals surface area contributed by atoms with Crippen LogP contribution in [0.15, 0.2) is 30.3 Å². The number of benzene rings is 1. The fourth-order valence-corrected chi connectivity index (χ4v) is 2.34. The first-order chi connectivity index (χ1) is 9.44. The average Bonchev–Trinajstić information content (AvgIpc) is 2.35. The first-order valence-electron chi connectivity index (χ1n) is 7.39. The highest BCUT2D eigenvalue weighted by molar-refractivity contribution is 5.89. The first-order valence-corrected chi connectivity index (χ1v) is 7.39. The Morgan fingerprint density at radius 3 is 2.50 bits per heavy atom. The van der Waals surface area contributed by atoms with E-state index >= 15 is 0 Å². The summed E-state index contributed by atoms with van der Waals surface area (Å²) >= 11 is 0. The van der Waals surface area contributed by atoms with E-state index < -0.39 is 0 Å². The van der Waals surface area contributed by atoms with E-state index in [1.54, 1.807) is 12.1 Å². The number of ether oxygens (including phenoxy) is 1. The maximum absolute atomic E-state index is 11.8. The van der Waals surface area contributed by atoms with Crippen molar-refractivity contribution in [2.24, 2.45) is 11.3 Å². The van der Waals surface area contributed by atoms with Crippen LogP contribution >= 0.6 is 0 Å². The molecule has 3 nitrogen and oxygen atoms in total. The van der Waals surface area contributed by atoms with Gasteiger partial charge < -0.3 is 10.1 Å². The molecule has 1 aliphatic carbocycles. The molecule has 110 valence electrons. The third kappa shape index (κ3) is 4.64. The number of hydrogen-bond acceptors (Lipinski definition) is 3. The molecule has 0 unspecified atom stereocenters. The number of esters is 1. The molecule has 20 heavy (non-hydrogen) atoms. The summed E-state index contributed by atoms with van der Waals surface area (Å²) in [7, 11) is 0. The minimum absolute atomic E-state index is 0.211. The van der Waals surface area contributed by atoms with Crippen molar-refractivity contribution in [1.29, 1.82) is 0 Å². The first kappa shape index (κ1) is 15.0. The normalized spacial score (nSPS) is 22.1. The number of carbonyl (C=O) groups excluding carboxylic acids is 1. The zero-order chi connectivity index (χ0) is 14.6. The Labute approximate surface area is 121 Å². The van der Waals surface area contributed by atoms with Crippen molar-refractivity contribution in [1.82, 2.24) is 5.32 Å². The van der Waals surface area contributed by atoms with E-state index in [1.807, 2.05) is 18.2 Å². The van der Waals surface area contributed by atoms with Gasteiger partial charge in [-0.25, -0.2) is 4.79 Å². The summed E-state index contributed by atoms with van der Waals surface area (Å²) in [4.78, 5) is 11.8. The van der Waals surface area contributed by atoms with Crippen molar-refractivity contribution in [3.8, 4) is 0 Å². The van der Waals surface area contributed by atoms with E-state index in [4.69, 9.17) is 4.74 Å². The van der Waals surface area contributed by atoms with Gasteiger partial charge in [0.05, 0.1) is 12.2 Å². The Bertz CT molecular complexity index is 430. The molecule has 0 saturated heterocycles. The highest BCUT2D eigenvalue weighted by Gasteiger charge is 2.30. The van der Waals surface area contributed by atoms with E-state index in [0.29, 0.717) is 29.5 Å². The highest BCUT2D eigenvalue weighted by atomic mass is 16.5. The molecule has 3 heteroatoms. The molecule has 0 radical (unpaired) electrons. The molecule has 0 heterocycles. The minimum Gasteiger partial charge on any atom is -0.462 e. The lowest BCUT2D eigenvalue weighted by Crippen LogP contribution is -2.45. The van der Waals surface area contributed by atoms with Gasteiger partial charge in [-0.2, -0.15) is 0 Å². The molecule has 0 aromatic heterocycles. The zero-order valence-corrected chi connectivity index (χ0v) is 12.7. The Morgan fingerprint density at radius 2 is 1.90 bits per heavy atom. The smallest absolute Gasteiger partial charge is 0.338 e. The van der Waals surface area contributed by atoms with Crippen molar-refractivity contribution < 1.29 is 9.53 Å². The lowest BCUT2D eigenvalue weighted by Gasteiger charge is -2.37. The van der Waals surface area contributed by atoms with Crippen molar-refractivity contribution in [2.75, 3.05) is 13.2 Å². The van der Waals surface area contributed by atoms with Crippen molar-refractivity contribution in [3.63, 3.8) is 0 Å². The third-order valence-corrected chi connectivity index (χ3v) is 3.62. The fraction of sp³-hybridized carbons (Fsp3) is 0.588. The lowest BCUT2D eigenvalue weighted by molar-refractivity contribution is 0.0322. The number of rotatable bonds is 5. The van der Waals surface area contributed by atoms with E-state index in [-0.39, 0.29) is 5.97 Å². The van der Waals surface area contributed by atoms with Crippen LogP contribution in [0.2, 0.25) is 0 Å². The molecule has 0 spiro atoms. The van der Waals surface area contributed by atoms with Gasteiger partial charge in [0.15, 0.2) is 0 Å². The molecule has 1 aromatic carbocycles. The van der Waals surface area contributed by atoms with Crippen LogP contribution in [-0.4, -0.2) is 25.2 Å². The average molecular weight is 275 g/mol. The molecule has 1 N–H and O–H groups in total. The SMILES string of the molecule is CC(C)(C)CNC1CC(COC(=O)c2ccccc2)C1. The standard InChI is InChI=1S/C17H25NO2/c1-17(2,3)12-18-15-9-13(10-15)11-20-16(19)14-7-5-4-6-8-14/h4-8,13,15,18H,9-12H2,1-3H3. The van der Waals surface area contributed by atoms with Gasteiger partial charge in [0.2, 0.25) is 0 Å². The van der Waals surface area contributed by atoms with Crippen LogP contribution in [0, 0.1) is 11.3 Å². The second-order valence-corrected chi connectivity index (χ2v) is 6.94. The van der Waals surface area contributed by atoms with E-state index in [1.165, 1.54) is 0 Å². The summed E-state index contributed by atoms with van der Waals surface area (Å²) in [5.74, 6) is 0.303. The fourth-order valence-electron chi connectivity index (χ4n) is 2.34. The van der Waals surface area contributed by atoms with E-state index in [2.05, 4.69) is 26.1 Å². The predicted octanol–water partition coefficient (Wildman–Crippen LogP) is 3.26. The second kappa shape index (κ2) is 6.40. The quantitative estimate of drug-likeness (QED) is 0.838. The highest BCUT2D eigenvalue weighted by Crippen LogP contribution is 2.28. The van der Waals surface area contributed by atoms with Crippen LogP contribution in [0.4, 0.5) is 0 Å². The van der Waals surface area contributed by atoms with Crippen molar-refractivity contribution >= 4 is 5.97 Å². The lowest BCUT2D eigenvalue weighted by atomic mass is 9.80. The van der Waals surface area contributed by atoms with Gasteiger partial charge in [-0.3, -0.25) is 0 Å². The summed E-state index contributed by atoms with van der Waals surface area (Å²) in [6, 6.07) is 9.77. The molecule has 1 aliphatic rings. The second-order valence-electron chi connectivity index (χ2n) is 6.94. The van der Waals surface area contributed by atoms with Gasteiger partial charge in [-0.15, -0.1) is 0 Å². The van der Waals surface area contributed by atoms with Crippen LogP contribution in [0.1, 0.15) is 44.0 Å². The molecule has 0 amide bonds. The van der Waals surface area contributed by atoms with Crippen LogP contribution in [0.25, 0.3) is 0 Å². The Kier molecular flexibility index (Phi) is 4.81. The van der Waals surface area contributed by atoms with Gasteiger partial charge in [0, 0.05) is 12.6 Å². The third-order valence-electron chi connectivity index (χ3n) is 3.62. The van der Waals surface area contributed by atoms with Gasteiger partial charge in [-0.05, 0) is 36.3 Å². The van der Waals surface area contributed by atoms with Crippen LogP contribution in [-0.2, 0) is 4.74 Å². The Balaban J connectivity index is 1.62. The van der Waals surface area contributed by atoms with Gasteiger partial charge in [-0.1, -0.05) is 39.0 Å². The summed E-state index contributed by atoms with van der Waals surface area (Å²) in [6.45, 7) is 8.28. The molecule has 1 fully saturated rings. The summed E-state index contributed by atoms with van der Waals surface area (Å²) in [5.41, 5.74) is 0.958. The van der Waals surface area contributed by atoms with Gasteiger partial charge >= 0.3 is 5.97 Å². The molecule has 2 rings (SSSR count). The predicted molar refractivity (Wildman–Crippen MR) is 80.7 cm³/mol. The largest absolute Gasteiger partial charge is 0.462 e. The Hall–Kier alpha value is -1.35. The maximum Gasteiger partial charge on any atom is 0.338 e. The van der Waals surface area contributed by atoms with E-state index in [0.717, 1.165) is 19.4 Å². The van der Waals surface area contributed by atoms with E-state index in [9.17, 15) is 4.79 Å². The van der Waals surface area contributed by atoms with Crippen LogP contribution in [0.5, 0.6) is 0 Å². The summed E-state index contributed by atoms with van der Waals surface area (Å²) in [5, 5.41) is 3.57. The Morgan fingerprint density at radius 1 is 1.25 bits per heavy atom.